The SMILES string of the molecule is O=C(O)Oc1ccc2[nH]cc(C3CCN(CCCCc4c[nH]c5ccc(C(=O)O)cc45)CC3)c2c1. The number of likely N-dealkylation sites (tertiary alicyclic amines) is 1. The molecule has 0 aliphatic carbocycles. The number of hydrogen-bond donors (Lipinski definition) is 4. The third-order valence-corrected chi connectivity index (χ3v) is 7.10. The summed E-state index contributed by atoms with van der Waals surface area (Å²) in [5.74, 6) is -0.114. The minimum absolute atomic E-state index is 0.321. The number of carboxylic acid groups (broad SMARTS) is 2. The molecule has 4 aromatic rings. The molecular formula is C27H29N3O5. The van der Waals surface area contributed by atoms with E-state index in [4.69, 9.17) is 9.84 Å². The molecule has 1 aliphatic rings. The zero-order chi connectivity index (χ0) is 24.4. The highest BCUT2D eigenvalue weighted by molar-refractivity contribution is 5.94. The predicted molar refractivity (Wildman–Crippen MR) is 134 cm³/mol. The molecule has 8 heteroatoms. The minimum Gasteiger partial charge on any atom is -0.478 e. The van der Waals surface area contributed by atoms with Crippen molar-refractivity contribution >= 4 is 33.9 Å². The number of unbranched alkanes of at least 4 members (excludes halogenated alkanes) is 1. The average Bonchev–Trinajstić information content (AvgIpc) is 3.45. The lowest BCUT2D eigenvalue weighted by atomic mass is 9.89. The Bertz CT molecular complexity index is 1360. The zero-order valence-electron chi connectivity index (χ0n) is 19.4. The van der Waals surface area contributed by atoms with E-state index in [2.05, 4.69) is 14.9 Å². The number of piperidine rings is 1. The number of hydrogen-bond acceptors (Lipinski definition) is 4. The first-order chi connectivity index (χ1) is 17.0. The fraction of sp³-hybridized carbons (Fsp3) is 0.333. The number of aryl methyl sites for hydroxylation is 1. The van der Waals surface area contributed by atoms with Gasteiger partial charge in [0, 0.05) is 34.2 Å². The quantitative estimate of drug-likeness (QED) is 0.149. The van der Waals surface area contributed by atoms with Gasteiger partial charge >= 0.3 is 12.1 Å². The highest BCUT2D eigenvalue weighted by Gasteiger charge is 2.23. The van der Waals surface area contributed by atoms with Crippen LogP contribution in [-0.4, -0.2) is 56.8 Å². The number of aromatic carboxylic acids is 1. The van der Waals surface area contributed by atoms with Crippen molar-refractivity contribution in [2.45, 2.75) is 38.0 Å². The molecule has 0 radical (unpaired) electrons. The Balaban J connectivity index is 1.12. The fourth-order valence-electron chi connectivity index (χ4n) is 5.26. The van der Waals surface area contributed by atoms with Crippen LogP contribution in [0.1, 0.15) is 53.1 Å². The standard InChI is InChI=1S/C27H29N3O5/c31-26(32)18-4-6-24-21(13-18)19(15-28-24)3-1-2-10-30-11-8-17(9-12-30)23-16-29-25-7-5-20(14-22(23)25)35-27(33)34/h4-7,13-17,28-29H,1-3,8-12H2,(H,31,32)(H,33,34). The van der Waals surface area contributed by atoms with E-state index in [1.807, 2.05) is 30.6 Å². The molecule has 1 fully saturated rings. The van der Waals surface area contributed by atoms with E-state index < -0.39 is 12.1 Å². The minimum atomic E-state index is -1.30. The monoisotopic (exact) mass is 475 g/mol. The lowest BCUT2D eigenvalue weighted by Gasteiger charge is -2.32. The molecule has 5 rings (SSSR count). The second-order valence-electron chi connectivity index (χ2n) is 9.27. The molecule has 1 aliphatic heterocycles. The van der Waals surface area contributed by atoms with Gasteiger partial charge in [-0.05, 0) is 105 Å². The number of nitrogens with one attached hydrogen (secondary N) is 2. The van der Waals surface area contributed by atoms with Gasteiger partial charge in [0.25, 0.3) is 0 Å². The van der Waals surface area contributed by atoms with Gasteiger partial charge in [0.2, 0.25) is 0 Å². The highest BCUT2D eigenvalue weighted by atomic mass is 16.7. The van der Waals surface area contributed by atoms with E-state index in [-0.39, 0.29) is 0 Å². The summed E-state index contributed by atoms with van der Waals surface area (Å²) >= 11 is 0. The summed E-state index contributed by atoms with van der Waals surface area (Å²) in [6.45, 7) is 3.13. The van der Waals surface area contributed by atoms with Crippen molar-refractivity contribution in [3.05, 3.63) is 65.5 Å². The van der Waals surface area contributed by atoms with Crippen LogP contribution in [0.5, 0.6) is 5.75 Å². The molecule has 0 spiro atoms. The van der Waals surface area contributed by atoms with Gasteiger partial charge in [-0.1, -0.05) is 0 Å². The van der Waals surface area contributed by atoms with Crippen molar-refractivity contribution in [2.75, 3.05) is 19.6 Å². The number of H-pyrrole nitrogens is 2. The molecule has 0 amide bonds. The van der Waals surface area contributed by atoms with Gasteiger partial charge in [-0.2, -0.15) is 0 Å². The Morgan fingerprint density at radius 2 is 1.69 bits per heavy atom. The van der Waals surface area contributed by atoms with Crippen LogP contribution in [0, 0.1) is 0 Å². The first-order valence-electron chi connectivity index (χ1n) is 12.1. The lowest BCUT2D eigenvalue weighted by Crippen LogP contribution is -2.33. The molecule has 0 saturated carbocycles. The van der Waals surface area contributed by atoms with Crippen molar-refractivity contribution in [3.8, 4) is 5.75 Å². The fourth-order valence-corrected chi connectivity index (χ4v) is 5.26. The molecule has 4 N–H and O–H groups in total. The van der Waals surface area contributed by atoms with Crippen LogP contribution in [0.15, 0.2) is 48.8 Å². The number of aromatic amines is 2. The number of aromatic nitrogens is 2. The van der Waals surface area contributed by atoms with Gasteiger partial charge in [-0.25, -0.2) is 9.59 Å². The molecule has 35 heavy (non-hydrogen) atoms. The lowest BCUT2D eigenvalue weighted by molar-refractivity contribution is 0.0697. The van der Waals surface area contributed by atoms with E-state index in [1.54, 1.807) is 18.2 Å². The summed E-state index contributed by atoms with van der Waals surface area (Å²) in [5, 5.41) is 20.2. The largest absolute Gasteiger partial charge is 0.511 e. The van der Waals surface area contributed by atoms with E-state index in [9.17, 15) is 14.7 Å². The predicted octanol–water partition coefficient (Wildman–Crippen LogP) is 5.61. The smallest absolute Gasteiger partial charge is 0.478 e. The highest BCUT2D eigenvalue weighted by Crippen LogP contribution is 2.35. The van der Waals surface area contributed by atoms with E-state index in [0.29, 0.717) is 17.2 Å². The molecule has 182 valence electrons. The first kappa shape index (κ1) is 23.0. The molecule has 0 atom stereocenters. The van der Waals surface area contributed by atoms with Crippen molar-refractivity contribution < 1.29 is 24.5 Å². The molecule has 0 unspecified atom stereocenters. The maximum Gasteiger partial charge on any atom is 0.511 e. The van der Waals surface area contributed by atoms with Crippen LogP contribution in [0.2, 0.25) is 0 Å². The van der Waals surface area contributed by atoms with E-state index in [0.717, 1.165) is 73.5 Å². The van der Waals surface area contributed by atoms with E-state index in [1.165, 1.54) is 11.1 Å². The van der Waals surface area contributed by atoms with Crippen LogP contribution >= 0.6 is 0 Å². The topological polar surface area (TPSA) is 119 Å². The Morgan fingerprint density at radius 1 is 0.943 bits per heavy atom. The van der Waals surface area contributed by atoms with Crippen LogP contribution in [-0.2, 0) is 6.42 Å². The third-order valence-electron chi connectivity index (χ3n) is 7.10. The van der Waals surface area contributed by atoms with Crippen molar-refractivity contribution in [2.24, 2.45) is 0 Å². The van der Waals surface area contributed by atoms with Gasteiger partial charge in [-0.15, -0.1) is 0 Å². The van der Waals surface area contributed by atoms with Gasteiger partial charge in [0.1, 0.15) is 5.75 Å². The Morgan fingerprint density at radius 3 is 2.46 bits per heavy atom. The zero-order valence-corrected chi connectivity index (χ0v) is 19.4. The summed E-state index contributed by atoms with van der Waals surface area (Å²) in [6, 6.07) is 10.6. The second-order valence-corrected chi connectivity index (χ2v) is 9.27. The normalized spacial score (nSPS) is 15.1. The number of fused-ring (bicyclic) bond motifs is 2. The maximum absolute atomic E-state index is 11.3. The maximum atomic E-state index is 11.3. The Labute approximate surface area is 202 Å². The molecule has 0 bridgehead atoms. The molecule has 3 heterocycles. The molecule has 2 aromatic heterocycles. The van der Waals surface area contributed by atoms with Crippen LogP contribution in [0.3, 0.4) is 0 Å². The third kappa shape index (κ3) is 5.02. The number of carboxylic acids is 1. The average molecular weight is 476 g/mol. The van der Waals surface area contributed by atoms with Crippen molar-refractivity contribution in [3.63, 3.8) is 0 Å². The Hall–Kier alpha value is -3.78. The van der Waals surface area contributed by atoms with Gasteiger partial charge in [0.15, 0.2) is 0 Å². The van der Waals surface area contributed by atoms with Gasteiger partial charge in [0.05, 0.1) is 5.56 Å². The summed E-state index contributed by atoms with van der Waals surface area (Å²) in [5.41, 5.74) is 4.70. The van der Waals surface area contributed by atoms with Crippen LogP contribution < -0.4 is 4.74 Å². The van der Waals surface area contributed by atoms with Gasteiger partial charge < -0.3 is 29.8 Å². The van der Waals surface area contributed by atoms with Crippen LogP contribution in [0.25, 0.3) is 21.8 Å². The number of carbonyl (C=O) groups is 2. The number of benzene rings is 2. The summed E-state index contributed by atoms with van der Waals surface area (Å²) in [6.07, 6.45) is 7.95. The van der Waals surface area contributed by atoms with Crippen LogP contribution in [0.4, 0.5) is 4.79 Å². The molecule has 2 aromatic carbocycles. The summed E-state index contributed by atoms with van der Waals surface area (Å²) < 4.78 is 4.84. The van der Waals surface area contributed by atoms with E-state index >= 15 is 0 Å². The molecule has 8 nitrogen and oxygen atoms in total. The van der Waals surface area contributed by atoms with Gasteiger partial charge in [-0.3, -0.25) is 0 Å². The van der Waals surface area contributed by atoms with Crippen molar-refractivity contribution in [1.82, 2.24) is 14.9 Å². The molecule has 1 saturated heterocycles. The van der Waals surface area contributed by atoms with Crippen molar-refractivity contribution in [1.29, 1.82) is 0 Å². The summed E-state index contributed by atoms with van der Waals surface area (Å²) in [4.78, 5) is 31.2. The Kier molecular flexibility index (Phi) is 6.46. The number of nitrogens with zero attached hydrogens (tertiary/aromatic N) is 1. The number of ether oxygens (including phenoxy) is 1. The molecular weight excluding hydrogens is 446 g/mol. The first-order valence-corrected chi connectivity index (χ1v) is 12.1. The number of rotatable bonds is 8. The summed E-state index contributed by atoms with van der Waals surface area (Å²) in [7, 11) is 0. The second kappa shape index (κ2) is 9.84.